The second-order valence-electron chi connectivity index (χ2n) is 4.44. The molecular formula is C16H10O5. The molecule has 3 N–H and O–H groups in total. The van der Waals surface area contributed by atoms with Gasteiger partial charge in [0.2, 0.25) is 0 Å². The van der Waals surface area contributed by atoms with E-state index in [0.717, 1.165) is 0 Å². The fraction of sp³-hybridized carbons (Fsp3) is 0.0625. The quantitative estimate of drug-likeness (QED) is 0.332. The summed E-state index contributed by atoms with van der Waals surface area (Å²) in [5, 5.41) is 29.5. The van der Waals surface area contributed by atoms with E-state index in [2.05, 4.69) is 11.8 Å². The molecule has 0 saturated heterocycles. The minimum Gasteiger partial charge on any atom is -0.508 e. The molecule has 1 aromatic heterocycles. The van der Waals surface area contributed by atoms with E-state index in [9.17, 15) is 15.0 Å². The highest BCUT2D eigenvalue weighted by molar-refractivity contribution is 6.05. The number of fused-ring (bicyclic) bond motifs is 3. The molecule has 104 valence electrons. The van der Waals surface area contributed by atoms with Crippen LogP contribution in [0.25, 0.3) is 21.7 Å². The van der Waals surface area contributed by atoms with Gasteiger partial charge in [-0.1, -0.05) is 11.8 Å². The van der Waals surface area contributed by atoms with Crippen molar-refractivity contribution in [1.82, 2.24) is 0 Å². The van der Waals surface area contributed by atoms with E-state index in [1.165, 1.54) is 18.2 Å². The van der Waals surface area contributed by atoms with Crippen LogP contribution in [0.2, 0.25) is 0 Å². The fourth-order valence-electron chi connectivity index (χ4n) is 2.19. The lowest BCUT2D eigenvalue weighted by Crippen LogP contribution is -2.00. The van der Waals surface area contributed by atoms with Gasteiger partial charge in [0.1, 0.15) is 23.7 Å². The van der Waals surface area contributed by atoms with Crippen molar-refractivity contribution in [2.24, 2.45) is 0 Å². The number of phenolic OH excluding ortho intramolecular Hbond substituents is 2. The summed E-state index contributed by atoms with van der Waals surface area (Å²) < 4.78 is 5.13. The van der Waals surface area contributed by atoms with Crippen molar-refractivity contribution in [3.8, 4) is 23.3 Å². The summed E-state index contributed by atoms with van der Waals surface area (Å²) in [7, 11) is 0. The molecule has 2 aromatic carbocycles. The van der Waals surface area contributed by atoms with Crippen molar-refractivity contribution in [2.75, 3.05) is 6.61 Å². The number of aromatic hydroxyl groups is 2. The number of phenols is 2. The maximum atomic E-state index is 11.9. The molecule has 3 aromatic rings. The largest absolute Gasteiger partial charge is 0.508 e. The third-order valence-corrected chi connectivity index (χ3v) is 3.12. The molecule has 1 heterocycles. The van der Waals surface area contributed by atoms with Crippen LogP contribution in [0.1, 0.15) is 5.56 Å². The monoisotopic (exact) mass is 282 g/mol. The lowest BCUT2D eigenvalue weighted by Gasteiger charge is -2.05. The van der Waals surface area contributed by atoms with E-state index in [0.29, 0.717) is 16.3 Å². The molecule has 0 atom stereocenters. The Labute approximate surface area is 118 Å². The molecule has 0 bridgehead atoms. The highest BCUT2D eigenvalue weighted by Gasteiger charge is 2.11. The zero-order chi connectivity index (χ0) is 15.0. The first-order valence-electron chi connectivity index (χ1n) is 6.12. The average molecular weight is 282 g/mol. The van der Waals surface area contributed by atoms with Gasteiger partial charge < -0.3 is 19.7 Å². The first kappa shape index (κ1) is 13.0. The summed E-state index contributed by atoms with van der Waals surface area (Å²) in [6.45, 7) is -0.330. The molecule has 0 saturated carbocycles. The van der Waals surface area contributed by atoms with E-state index in [4.69, 9.17) is 9.52 Å². The Hall–Kier alpha value is -2.97. The Morgan fingerprint density at radius 3 is 2.62 bits per heavy atom. The maximum absolute atomic E-state index is 11.9. The third kappa shape index (κ3) is 2.18. The molecule has 0 aliphatic rings. The Kier molecular flexibility index (Phi) is 3.01. The normalized spacial score (nSPS) is 10.5. The van der Waals surface area contributed by atoms with Gasteiger partial charge in [-0.3, -0.25) is 0 Å². The average Bonchev–Trinajstić information content (AvgIpc) is 2.45. The topological polar surface area (TPSA) is 90.9 Å². The zero-order valence-corrected chi connectivity index (χ0v) is 10.8. The maximum Gasteiger partial charge on any atom is 0.344 e. The van der Waals surface area contributed by atoms with Crippen LogP contribution >= 0.6 is 0 Å². The van der Waals surface area contributed by atoms with Gasteiger partial charge in [-0.15, -0.1) is 0 Å². The van der Waals surface area contributed by atoms with Crippen LogP contribution in [0, 0.1) is 11.8 Å². The second kappa shape index (κ2) is 4.85. The molecule has 0 spiro atoms. The molecule has 0 fully saturated rings. The molecule has 0 aliphatic heterocycles. The van der Waals surface area contributed by atoms with Gasteiger partial charge in [0.15, 0.2) is 0 Å². The molecule has 5 nitrogen and oxygen atoms in total. The van der Waals surface area contributed by atoms with Crippen molar-refractivity contribution in [2.45, 2.75) is 0 Å². The van der Waals surface area contributed by atoms with Crippen LogP contribution in [0.3, 0.4) is 0 Å². The van der Waals surface area contributed by atoms with Gasteiger partial charge in [-0.2, -0.15) is 0 Å². The van der Waals surface area contributed by atoms with E-state index >= 15 is 0 Å². The molecule has 0 aliphatic carbocycles. The predicted molar refractivity (Wildman–Crippen MR) is 77.3 cm³/mol. The van der Waals surface area contributed by atoms with Gasteiger partial charge in [-0.25, -0.2) is 4.79 Å². The van der Waals surface area contributed by atoms with Gasteiger partial charge in [-0.05, 0) is 24.3 Å². The van der Waals surface area contributed by atoms with E-state index in [1.807, 2.05) is 0 Å². The van der Waals surface area contributed by atoms with Crippen molar-refractivity contribution in [1.29, 1.82) is 0 Å². The number of hydrogen-bond donors (Lipinski definition) is 3. The third-order valence-electron chi connectivity index (χ3n) is 3.12. The molecule has 21 heavy (non-hydrogen) atoms. The summed E-state index contributed by atoms with van der Waals surface area (Å²) in [4.78, 5) is 11.9. The van der Waals surface area contributed by atoms with E-state index in [-0.39, 0.29) is 29.1 Å². The van der Waals surface area contributed by atoms with Crippen molar-refractivity contribution in [3.05, 3.63) is 46.3 Å². The Morgan fingerprint density at radius 2 is 1.86 bits per heavy atom. The van der Waals surface area contributed by atoms with Crippen LogP contribution in [0.4, 0.5) is 0 Å². The smallest absolute Gasteiger partial charge is 0.344 e. The van der Waals surface area contributed by atoms with Crippen LogP contribution in [0.15, 0.2) is 39.5 Å². The second-order valence-corrected chi connectivity index (χ2v) is 4.44. The van der Waals surface area contributed by atoms with Crippen LogP contribution in [0.5, 0.6) is 11.5 Å². The number of benzene rings is 2. The molecular weight excluding hydrogens is 272 g/mol. The summed E-state index contributed by atoms with van der Waals surface area (Å²) in [5.74, 6) is 4.90. The lowest BCUT2D eigenvalue weighted by molar-refractivity contribution is 0.350. The number of aliphatic hydroxyl groups is 1. The first-order valence-corrected chi connectivity index (χ1v) is 6.12. The van der Waals surface area contributed by atoms with Crippen molar-refractivity contribution < 1.29 is 19.7 Å². The van der Waals surface area contributed by atoms with Crippen LogP contribution in [-0.2, 0) is 0 Å². The molecule has 5 heteroatoms. The minimum atomic E-state index is -0.611. The Balaban J connectivity index is 2.46. The summed E-state index contributed by atoms with van der Waals surface area (Å²) >= 11 is 0. The minimum absolute atomic E-state index is 0.0101. The van der Waals surface area contributed by atoms with Gasteiger partial charge in [0.05, 0.1) is 10.9 Å². The number of hydrogen-bond acceptors (Lipinski definition) is 5. The summed E-state index contributed by atoms with van der Waals surface area (Å²) in [5.41, 5.74) is -0.0594. The highest BCUT2D eigenvalue weighted by Crippen LogP contribution is 2.29. The van der Waals surface area contributed by atoms with E-state index < -0.39 is 5.63 Å². The standard InChI is InChI=1S/C16H10O5/c17-5-1-2-9-6-12-11-4-3-10(18)7-15(11)21-16(20)13(12)8-14(9)19/h3-4,6-8,17-19H,5H2. The van der Waals surface area contributed by atoms with Crippen molar-refractivity contribution >= 4 is 21.7 Å². The molecule has 3 rings (SSSR count). The van der Waals surface area contributed by atoms with Crippen LogP contribution < -0.4 is 5.63 Å². The summed E-state index contributed by atoms with van der Waals surface area (Å²) in [6, 6.07) is 7.30. The van der Waals surface area contributed by atoms with E-state index in [1.54, 1.807) is 12.1 Å². The lowest BCUT2D eigenvalue weighted by atomic mass is 10.0. The molecule has 0 unspecified atom stereocenters. The Morgan fingerprint density at radius 1 is 1.05 bits per heavy atom. The number of aliphatic hydroxyl groups excluding tert-OH is 1. The number of rotatable bonds is 0. The van der Waals surface area contributed by atoms with Gasteiger partial charge >= 0.3 is 5.63 Å². The molecule has 0 radical (unpaired) electrons. The SMILES string of the molecule is O=c1oc2cc(O)ccc2c2cc(C#CCO)c(O)cc12. The van der Waals surface area contributed by atoms with Gasteiger partial charge in [0.25, 0.3) is 0 Å². The van der Waals surface area contributed by atoms with Crippen molar-refractivity contribution in [3.63, 3.8) is 0 Å². The Bertz CT molecular complexity index is 973. The molecule has 0 amide bonds. The fourth-order valence-corrected chi connectivity index (χ4v) is 2.19. The summed E-state index contributed by atoms with van der Waals surface area (Å²) in [6.07, 6.45) is 0. The first-order chi connectivity index (χ1) is 10.1. The van der Waals surface area contributed by atoms with Gasteiger partial charge in [0, 0.05) is 16.8 Å². The highest BCUT2D eigenvalue weighted by atomic mass is 16.4. The zero-order valence-electron chi connectivity index (χ0n) is 10.8. The van der Waals surface area contributed by atoms with Crippen LogP contribution in [-0.4, -0.2) is 21.9 Å². The predicted octanol–water partition coefficient (Wildman–Crippen LogP) is 1.70.